The van der Waals surface area contributed by atoms with Gasteiger partial charge in [0.05, 0.1) is 225 Å². The van der Waals surface area contributed by atoms with Crippen molar-refractivity contribution in [3.05, 3.63) is 70.4 Å². The van der Waals surface area contributed by atoms with Gasteiger partial charge in [-0.1, -0.05) is 24.3 Å². The molecule has 97 heavy (non-hydrogen) atoms. The van der Waals surface area contributed by atoms with E-state index in [0.717, 1.165) is 0 Å². The molecular formula is C68H114O21S8. The fourth-order valence-electron chi connectivity index (χ4n) is 7.86. The van der Waals surface area contributed by atoms with Crippen LogP contribution < -0.4 is 18.9 Å². The van der Waals surface area contributed by atoms with E-state index in [1.807, 2.05) is 59.9 Å². The minimum absolute atomic E-state index is 0.412. The van der Waals surface area contributed by atoms with Crippen LogP contribution in [-0.2, 0) is 92.0 Å². The second-order valence-electron chi connectivity index (χ2n) is 20.2. The zero-order valence-electron chi connectivity index (χ0n) is 57.4. The largest absolute Gasteiger partial charge is 0.487 e. The number of thioether (sulfide) groups is 7. The molecule has 2 bridgehead atoms. The molecule has 5 aliphatic rings. The average Bonchev–Trinajstić information content (AvgIpc) is 3.04. The molecule has 3 saturated heterocycles. The third-order valence-corrected chi connectivity index (χ3v) is 22.6. The number of rotatable bonds is 0. The summed E-state index contributed by atoms with van der Waals surface area (Å²) in [7, 11) is 0. The van der Waals surface area contributed by atoms with E-state index in [-0.39, 0.29) is 0 Å². The van der Waals surface area contributed by atoms with Crippen LogP contribution in [-0.4, -0.2) is 320 Å². The van der Waals surface area contributed by atoms with Gasteiger partial charge in [-0.2, -0.15) is 82.3 Å². The second-order valence-corrected chi connectivity index (χ2v) is 29.8. The molecular weight excluding hydrogens is 1410 g/mol. The fourth-order valence-corrected chi connectivity index (χ4v) is 17.0. The van der Waals surface area contributed by atoms with Gasteiger partial charge in [0, 0.05) is 90.3 Å². The number of para-hydroxylation sites is 4. The first kappa shape index (κ1) is 88.5. The summed E-state index contributed by atoms with van der Waals surface area (Å²) in [5, 5.41) is 0. The highest BCUT2D eigenvalue weighted by Gasteiger charge is 2.09. The van der Waals surface area contributed by atoms with Crippen LogP contribution in [0, 0.1) is 0 Å². The van der Waals surface area contributed by atoms with Crippen LogP contribution in [0.15, 0.2) is 60.7 Å². The molecule has 6 heterocycles. The Morgan fingerprint density at radius 1 is 0.165 bits per heavy atom. The topological polar surface area (TPSA) is 194 Å². The van der Waals surface area contributed by atoms with Crippen LogP contribution in [0.5, 0.6) is 23.0 Å². The zero-order chi connectivity index (χ0) is 67.8. The summed E-state index contributed by atoms with van der Waals surface area (Å²) < 4.78 is 115. The smallest absolute Gasteiger partial charge is 0.161 e. The summed E-state index contributed by atoms with van der Waals surface area (Å²) in [4.78, 5) is 3.10. The Morgan fingerprint density at radius 3 is 0.474 bits per heavy atom. The fraction of sp³-hybridized carbons (Fsp3) is 0.765. The third kappa shape index (κ3) is 58.1. The van der Waals surface area contributed by atoms with E-state index < -0.39 is 0 Å². The Kier molecular flexibility index (Phi) is 65.8. The molecule has 0 spiro atoms. The van der Waals surface area contributed by atoms with Gasteiger partial charge in [0.1, 0.15) is 26.4 Å². The van der Waals surface area contributed by atoms with Gasteiger partial charge in [0.25, 0.3) is 0 Å². The molecule has 0 atom stereocenters. The van der Waals surface area contributed by atoms with Gasteiger partial charge in [-0.3, -0.25) is 0 Å². The van der Waals surface area contributed by atoms with Crippen molar-refractivity contribution in [2.45, 2.75) is 11.5 Å². The lowest BCUT2D eigenvalue weighted by Crippen LogP contribution is -2.16. The van der Waals surface area contributed by atoms with Crippen LogP contribution >= 0.6 is 93.7 Å². The monoisotopic (exact) mass is 1520 g/mol. The molecule has 0 N–H and O–H groups in total. The van der Waals surface area contributed by atoms with E-state index in [1.54, 1.807) is 9.75 Å². The lowest BCUT2D eigenvalue weighted by molar-refractivity contribution is -0.0334. The van der Waals surface area contributed by atoms with Crippen molar-refractivity contribution >= 4 is 93.7 Å². The Hall–Kier alpha value is -0.890. The molecule has 0 amide bonds. The highest BCUT2D eigenvalue weighted by atomic mass is 32.2. The summed E-state index contributed by atoms with van der Waals surface area (Å²) in [6.45, 7) is 20.4. The molecule has 1 aromatic heterocycles. The van der Waals surface area contributed by atoms with Gasteiger partial charge < -0.3 is 99.5 Å². The quantitative estimate of drug-likeness (QED) is 0.206. The van der Waals surface area contributed by atoms with Gasteiger partial charge in [-0.25, -0.2) is 0 Å². The van der Waals surface area contributed by atoms with Crippen LogP contribution in [0.25, 0.3) is 0 Å². The van der Waals surface area contributed by atoms with E-state index in [1.165, 1.54) is 80.5 Å². The highest BCUT2D eigenvalue weighted by Crippen LogP contribution is 2.29. The summed E-state index contributed by atoms with van der Waals surface area (Å²) in [5.41, 5.74) is 0. The van der Waals surface area contributed by atoms with Crippen molar-refractivity contribution in [2.75, 3.05) is 320 Å². The van der Waals surface area contributed by atoms with E-state index in [9.17, 15) is 0 Å². The van der Waals surface area contributed by atoms with Crippen LogP contribution in [0.3, 0.4) is 0 Å². The number of hydrogen-bond acceptors (Lipinski definition) is 29. The number of benzene rings is 2. The first-order valence-corrected chi connectivity index (χ1v) is 42.9. The van der Waals surface area contributed by atoms with Crippen molar-refractivity contribution in [3.8, 4) is 23.0 Å². The van der Waals surface area contributed by atoms with Crippen molar-refractivity contribution in [3.63, 3.8) is 0 Å². The van der Waals surface area contributed by atoms with E-state index in [0.29, 0.717) is 274 Å². The van der Waals surface area contributed by atoms with Crippen LogP contribution in [0.4, 0.5) is 0 Å². The van der Waals surface area contributed by atoms with Crippen molar-refractivity contribution in [1.29, 1.82) is 0 Å². The Balaban J connectivity index is 0.000000282. The van der Waals surface area contributed by atoms with Gasteiger partial charge in [0.2, 0.25) is 0 Å². The lowest BCUT2D eigenvalue weighted by atomic mass is 10.3. The van der Waals surface area contributed by atoms with Crippen LogP contribution in [0.2, 0.25) is 0 Å². The summed E-state index contributed by atoms with van der Waals surface area (Å²) in [6, 6.07) is 19.7. The summed E-state index contributed by atoms with van der Waals surface area (Å²) in [5.74, 6) is 21.2. The standard InChI is InChI=1S/C28H40O10.C12H24O6.C10H20O5.C10H14S4.C8H16S4/c1-2-6-26-25(5-1)35-21-17-31-13-9-29-11-15-33-19-23-37-27-7-3-4-8-28(27)38-24-20-34-16-12-30-10-14-32-18-22-36-26;1-2-14-5-6-16-9-10-18-12-11-17-8-7-15-4-3-13-1;1-2-12-5-6-14-9-10-15-8-7-13-4-3-11-1;1-2-10-8-13-6-4-11-3-5-12-7-9(1)14-10;1-2-10-5-6-12-8-7-11-4-3-9-1/h1-8H,9-24H2;1-12H2;1-10H2;1-2H,3-8H2;1-8H2. The zero-order valence-corrected chi connectivity index (χ0v) is 63.9. The predicted octanol–water partition coefficient (Wildman–Crippen LogP) is 10.1. The van der Waals surface area contributed by atoms with Crippen LogP contribution in [0.1, 0.15) is 9.75 Å². The van der Waals surface area contributed by atoms with Crippen molar-refractivity contribution in [1.82, 2.24) is 0 Å². The van der Waals surface area contributed by atoms with Gasteiger partial charge >= 0.3 is 0 Å². The lowest BCUT2D eigenvalue weighted by Gasteiger charge is -2.14. The van der Waals surface area contributed by atoms with Gasteiger partial charge in [-0.05, 0) is 36.4 Å². The van der Waals surface area contributed by atoms with E-state index in [4.69, 9.17) is 99.5 Å². The molecule has 2 aromatic carbocycles. The number of hydrogen-bond donors (Lipinski definition) is 0. The maximum atomic E-state index is 5.80. The molecule has 0 radical (unpaired) electrons. The first-order chi connectivity index (χ1) is 48.4. The average molecular weight is 1520 g/mol. The molecule has 0 aliphatic carbocycles. The third-order valence-electron chi connectivity index (χ3n) is 12.7. The van der Waals surface area contributed by atoms with E-state index in [2.05, 4.69) is 94.5 Å². The minimum atomic E-state index is 0.412. The molecule has 5 aliphatic heterocycles. The second kappa shape index (κ2) is 72.1. The molecule has 0 unspecified atom stereocenters. The van der Waals surface area contributed by atoms with Crippen molar-refractivity contribution < 1.29 is 99.5 Å². The van der Waals surface area contributed by atoms with Gasteiger partial charge in [0.15, 0.2) is 23.0 Å². The predicted molar refractivity (Wildman–Crippen MR) is 402 cm³/mol. The SMILES string of the molecule is C1COCCOCCOCCOCCO1.C1COCCOCCOCCOCCOCCO1.C1CSCCSCCSCCS1.c1cc2sc1CSCCSCCSC2.c1ccc2c(c1)OCCOCCOCCOCCOc1ccccc1OCCOCCOCCOCCO2. The highest BCUT2D eigenvalue weighted by molar-refractivity contribution is 8.06. The first-order valence-electron chi connectivity index (χ1n) is 34.0. The maximum absolute atomic E-state index is 5.80. The Bertz CT molecular complexity index is 1770. The number of ether oxygens (including phenoxy) is 21. The molecule has 3 aromatic rings. The molecule has 560 valence electrons. The Labute approximate surface area is 613 Å². The van der Waals surface area contributed by atoms with E-state index >= 15 is 0 Å². The summed E-state index contributed by atoms with van der Waals surface area (Å²) >= 11 is 16.7. The maximum Gasteiger partial charge on any atom is 0.161 e. The molecule has 8 rings (SSSR count). The molecule has 29 heteroatoms. The normalized spacial score (nSPS) is 21.5. The van der Waals surface area contributed by atoms with Gasteiger partial charge in [-0.15, -0.1) is 11.3 Å². The number of thiophene rings is 1. The Morgan fingerprint density at radius 2 is 0.309 bits per heavy atom. The number of fused-ring (bicyclic) bond motifs is 4. The van der Waals surface area contributed by atoms with Crippen molar-refractivity contribution in [2.24, 2.45) is 0 Å². The molecule has 3 fully saturated rings. The summed E-state index contributed by atoms with van der Waals surface area (Å²) in [6.07, 6.45) is 0. The molecule has 0 saturated carbocycles. The molecule has 21 nitrogen and oxygen atoms in total. The minimum Gasteiger partial charge on any atom is -0.487 e.